The molecule has 2 aromatic rings. The number of nitrogens with one attached hydrogen (secondary N) is 1. The molecule has 7 heteroatoms. The largest absolute Gasteiger partial charge is 0.497 e. The summed E-state index contributed by atoms with van der Waals surface area (Å²) in [5.41, 5.74) is 1.25. The number of benzene rings is 2. The Kier molecular flexibility index (Phi) is 6.74. The van der Waals surface area contributed by atoms with E-state index < -0.39 is 0 Å². The number of ketones is 1. The van der Waals surface area contributed by atoms with Crippen molar-refractivity contribution in [2.45, 2.75) is 19.9 Å². The summed E-state index contributed by atoms with van der Waals surface area (Å²) < 4.78 is 16.4. The number of allylic oxidation sites excluding steroid dienone is 1. The van der Waals surface area contributed by atoms with E-state index in [0.29, 0.717) is 17.1 Å². The Balaban J connectivity index is 1.65. The highest BCUT2D eigenvalue weighted by Crippen LogP contribution is 2.35. The van der Waals surface area contributed by atoms with Gasteiger partial charge in [0.05, 0.1) is 25.3 Å². The van der Waals surface area contributed by atoms with Crippen molar-refractivity contribution >= 4 is 17.8 Å². The van der Waals surface area contributed by atoms with Gasteiger partial charge in [0.15, 0.2) is 12.4 Å². The number of aliphatic hydroxyl groups excluding tert-OH is 1. The minimum absolute atomic E-state index is 0.106. The van der Waals surface area contributed by atoms with Crippen molar-refractivity contribution in [2.75, 3.05) is 20.3 Å². The number of Topliss-reactive ketones (excluding diaryl/α,β-unsaturated/α-hetero) is 1. The lowest BCUT2D eigenvalue weighted by atomic mass is 10.1. The number of amides is 1. The van der Waals surface area contributed by atoms with Crippen molar-refractivity contribution in [1.29, 1.82) is 0 Å². The molecular formula is C23H25NO6. The predicted molar refractivity (Wildman–Crippen MR) is 112 cm³/mol. The van der Waals surface area contributed by atoms with Gasteiger partial charge in [0.2, 0.25) is 5.78 Å². The van der Waals surface area contributed by atoms with Gasteiger partial charge in [-0.05, 0) is 41.8 Å². The average molecular weight is 411 g/mol. The topological polar surface area (TPSA) is 94.1 Å². The second kappa shape index (κ2) is 9.45. The average Bonchev–Trinajstić information content (AvgIpc) is 3.05. The molecule has 1 aliphatic rings. The Labute approximate surface area is 175 Å². The molecule has 2 N–H and O–H groups in total. The van der Waals surface area contributed by atoms with Crippen LogP contribution in [-0.4, -0.2) is 43.2 Å². The van der Waals surface area contributed by atoms with Crippen LogP contribution in [0.2, 0.25) is 0 Å². The molecule has 158 valence electrons. The minimum Gasteiger partial charge on any atom is -0.497 e. The third-order valence-electron chi connectivity index (χ3n) is 4.77. The van der Waals surface area contributed by atoms with Gasteiger partial charge < -0.3 is 24.6 Å². The number of hydrogen-bond acceptors (Lipinski definition) is 6. The highest BCUT2D eigenvalue weighted by atomic mass is 16.5. The quantitative estimate of drug-likeness (QED) is 0.649. The Morgan fingerprint density at radius 2 is 1.87 bits per heavy atom. The summed E-state index contributed by atoms with van der Waals surface area (Å²) in [7, 11) is 1.59. The molecule has 1 heterocycles. The normalized spacial score (nSPS) is 15.0. The number of fused-ring (bicyclic) bond motifs is 1. The lowest BCUT2D eigenvalue weighted by molar-refractivity contribution is -0.124. The highest BCUT2D eigenvalue weighted by molar-refractivity contribution is 6.14. The Hall–Kier alpha value is -3.32. The standard InChI is InChI=1S/C23H25NO6/c1-14(2)19(12-25)24-22(26)13-29-17-8-9-18-20(11-17)30-21(23(18)27)10-15-4-6-16(28-3)7-5-15/h4-11,14,19,25H,12-13H2,1-3H3,(H,24,26)/b21-10-/t19-/m1/s1. The predicted octanol–water partition coefficient (Wildman–Crippen LogP) is 2.82. The third kappa shape index (κ3) is 4.99. The van der Waals surface area contributed by atoms with Crippen molar-refractivity contribution in [3.05, 3.63) is 59.4 Å². The van der Waals surface area contributed by atoms with Gasteiger partial charge in [-0.1, -0.05) is 26.0 Å². The van der Waals surface area contributed by atoms with Crippen LogP contribution in [0, 0.1) is 5.92 Å². The van der Waals surface area contributed by atoms with Gasteiger partial charge in [-0.2, -0.15) is 0 Å². The van der Waals surface area contributed by atoms with Gasteiger partial charge in [0, 0.05) is 6.07 Å². The lowest BCUT2D eigenvalue weighted by Crippen LogP contribution is -2.43. The van der Waals surface area contributed by atoms with E-state index in [1.807, 2.05) is 26.0 Å². The molecule has 0 bridgehead atoms. The van der Waals surface area contributed by atoms with E-state index in [2.05, 4.69) is 5.32 Å². The molecule has 0 saturated heterocycles. The fourth-order valence-corrected chi connectivity index (χ4v) is 2.93. The van der Waals surface area contributed by atoms with Crippen molar-refractivity contribution < 1.29 is 28.9 Å². The summed E-state index contributed by atoms with van der Waals surface area (Å²) in [5.74, 6) is 1.29. The zero-order valence-corrected chi connectivity index (χ0v) is 17.2. The second-order valence-electron chi connectivity index (χ2n) is 7.26. The summed E-state index contributed by atoms with van der Waals surface area (Å²) in [6, 6.07) is 11.8. The molecule has 0 aromatic heterocycles. The van der Waals surface area contributed by atoms with Gasteiger partial charge in [-0.15, -0.1) is 0 Å². The number of rotatable bonds is 8. The number of hydrogen-bond donors (Lipinski definition) is 2. The van der Waals surface area contributed by atoms with Crippen molar-refractivity contribution in [1.82, 2.24) is 5.32 Å². The lowest BCUT2D eigenvalue weighted by Gasteiger charge is -2.19. The molecule has 3 rings (SSSR count). The van der Waals surface area contributed by atoms with Crippen LogP contribution in [0.15, 0.2) is 48.2 Å². The summed E-state index contributed by atoms with van der Waals surface area (Å²) in [5, 5.41) is 12.0. The number of ether oxygens (including phenoxy) is 3. The van der Waals surface area contributed by atoms with Crippen LogP contribution in [0.5, 0.6) is 17.2 Å². The molecule has 1 amide bonds. The zero-order chi connectivity index (χ0) is 21.7. The van der Waals surface area contributed by atoms with Crippen LogP contribution in [0.1, 0.15) is 29.8 Å². The molecule has 0 unspecified atom stereocenters. The maximum Gasteiger partial charge on any atom is 0.258 e. The molecule has 0 saturated carbocycles. The molecule has 1 aliphatic heterocycles. The summed E-state index contributed by atoms with van der Waals surface area (Å²) in [4.78, 5) is 24.6. The number of methoxy groups -OCH3 is 1. The van der Waals surface area contributed by atoms with E-state index in [9.17, 15) is 14.7 Å². The second-order valence-corrected chi connectivity index (χ2v) is 7.26. The van der Waals surface area contributed by atoms with Crippen LogP contribution >= 0.6 is 0 Å². The zero-order valence-electron chi connectivity index (χ0n) is 17.2. The van der Waals surface area contributed by atoms with Crippen molar-refractivity contribution in [3.8, 4) is 17.2 Å². The maximum atomic E-state index is 12.6. The molecule has 30 heavy (non-hydrogen) atoms. The van der Waals surface area contributed by atoms with Crippen molar-refractivity contribution in [3.63, 3.8) is 0 Å². The van der Waals surface area contributed by atoms with E-state index in [1.54, 1.807) is 43.5 Å². The minimum atomic E-state index is -0.333. The third-order valence-corrected chi connectivity index (χ3v) is 4.77. The smallest absolute Gasteiger partial charge is 0.258 e. The molecule has 7 nitrogen and oxygen atoms in total. The first kappa shape index (κ1) is 21.4. The first-order valence-electron chi connectivity index (χ1n) is 9.66. The maximum absolute atomic E-state index is 12.6. The molecular weight excluding hydrogens is 386 g/mol. The molecule has 0 aliphatic carbocycles. The van der Waals surface area contributed by atoms with E-state index in [4.69, 9.17) is 14.2 Å². The highest BCUT2D eigenvalue weighted by Gasteiger charge is 2.28. The Morgan fingerprint density at radius 1 is 1.17 bits per heavy atom. The van der Waals surface area contributed by atoms with Gasteiger partial charge in [0.25, 0.3) is 5.91 Å². The van der Waals surface area contributed by atoms with Crippen LogP contribution in [0.4, 0.5) is 0 Å². The summed E-state index contributed by atoms with van der Waals surface area (Å²) in [6.07, 6.45) is 1.66. The monoisotopic (exact) mass is 411 g/mol. The molecule has 0 spiro atoms. The first-order chi connectivity index (χ1) is 14.4. The van der Waals surface area contributed by atoms with Gasteiger partial charge in [-0.3, -0.25) is 9.59 Å². The Bertz CT molecular complexity index is 949. The number of carbonyl (C=O) groups is 2. The fraction of sp³-hybridized carbons (Fsp3) is 0.304. The summed E-state index contributed by atoms with van der Waals surface area (Å²) in [6.45, 7) is 3.48. The van der Waals surface area contributed by atoms with Gasteiger partial charge in [-0.25, -0.2) is 0 Å². The SMILES string of the molecule is COc1ccc(/C=C2\Oc3cc(OCC(=O)N[C@H](CO)C(C)C)ccc3C2=O)cc1. The molecule has 0 radical (unpaired) electrons. The van der Waals surface area contributed by atoms with Crippen LogP contribution in [-0.2, 0) is 4.79 Å². The van der Waals surface area contributed by atoms with Crippen LogP contribution in [0.3, 0.4) is 0 Å². The van der Waals surface area contributed by atoms with Gasteiger partial charge >= 0.3 is 0 Å². The van der Waals surface area contributed by atoms with Crippen molar-refractivity contribution in [2.24, 2.45) is 5.92 Å². The van der Waals surface area contributed by atoms with E-state index in [0.717, 1.165) is 11.3 Å². The van der Waals surface area contributed by atoms with E-state index >= 15 is 0 Å². The molecule has 2 aromatic carbocycles. The Morgan fingerprint density at radius 3 is 2.50 bits per heavy atom. The van der Waals surface area contributed by atoms with Crippen LogP contribution in [0.25, 0.3) is 6.08 Å². The number of aliphatic hydroxyl groups is 1. The van der Waals surface area contributed by atoms with E-state index in [1.165, 1.54) is 0 Å². The molecule has 1 atom stereocenters. The molecule has 0 fully saturated rings. The van der Waals surface area contributed by atoms with E-state index in [-0.39, 0.29) is 42.6 Å². The number of carbonyl (C=O) groups excluding carboxylic acids is 2. The summed E-state index contributed by atoms with van der Waals surface area (Å²) >= 11 is 0. The first-order valence-corrected chi connectivity index (χ1v) is 9.66. The van der Waals surface area contributed by atoms with Crippen LogP contribution < -0.4 is 19.5 Å². The fourth-order valence-electron chi connectivity index (χ4n) is 2.93. The van der Waals surface area contributed by atoms with Gasteiger partial charge in [0.1, 0.15) is 17.2 Å².